The Morgan fingerprint density at radius 2 is 2.24 bits per heavy atom. The molecule has 6 nitrogen and oxygen atoms in total. The lowest BCUT2D eigenvalue weighted by molar-refractivity contribution is 0.0697. The van der Waals surface area contributed by atoms with Crippen LogP contribution in [-0.2, 0) is 22.7 Å². The third kappa shape index (κ3) is 3.02. The molecular weight excluding hydrogens is 292 g/mol. The summed E-state index contributed by atoms with van der Waals surface area (Å²) in [6.07, 6.45) is 3.39. The summed E-state index contributed by atoms with van der Waals surface area (Å²) >= 11 is 0. The molecule has 1 aliphatic heterocycles. The molecule has 7 heteroatoms. The average Bonchev–Trinajstić information content (AvgIpc) is 3.00. The molecule has 2 heterocycles. The minimum absolute atomic E-state index is 0.0340. The predicted octanol–water partition coefficient (Wildman–Crippen LogP) is 1.12. The number of aryl methyl sites for hydroxylation is 2. The topological polar surface area (TPSA) is 96.4 Å². The number of nitrogens with zero attached hydrogens (tertiary/aromatic N) is 1. The van der Waals surface area contributed by atoms with Gasteiger partial charge in [0.25, 0.3) is 0 Å². The van der Waals surface area contributed by atoms with E-state index in [4.69, 9.17) is 0 Å². The summed E-state index contributed by atoms with van der Waals surface area (Å²) in [6.45, 7) is 0.450. The number of anilines is 1. The van der Waals surface area contributed by atoms with E-state index in [-0.39, 0.29) is 23.0 Å². The van der Waals surface area contributed by atoms with Gasteiger partial charge in [0, 0.05) is 12.2 Å². The molecule has 1 aromatic heterocycles. The smallest absolute Gasteiger partial charge is 0.339 e. The van der Waals surface area contributed by atoms with Gasteiger partial charge in [0.05, 0.1) is 11.5 Å². The van der Waals surface area contributed by atoms with Crippen molar-refractivity contribution in [3.05, 3.63) is 22.9 Å². The lowest BCUT2D eigenvalue weighted by Crippen LogP contribution is -2.18. The number of hydrogen-bond donors (Lipinski definition) is 2. The van der Waals surface area contributed by atoms with Crippen molar-refractivity contribution in [1.29, 1.82) is 0 Å². The van der Waals surface area contributed by atoms with Crippen molar-refractivity contribution in [3.63, 3.8) is 0 Å². The molecule has 0 spiro atoms. The van der Waals surface area contributed by atoms with Crippen LogP contribution in [0.5, 0.6) is 0 Å². The molecular formula is C14H18N2O4S. The van der Waals surface area contributed by atoms with Crippen molar-refractivity contribution in [2.45, 2.75) is 25.7 Å². The van der Waals surface area contributed by atoms with Gasteiger partial charge in [-0.2, -0.15) is 0 Å². The molecule has 0 saturated carbocycles. The van der Waals surface area contributed by atoms with E-state index in [0.29, 0.717) is 18.8 Å². The van der Waals surface area contributed by atoms with Gasteiger partial charge in [-0.15, -0.1) is 0 Å². The SMILES string of the molecule is O=C(O)c1cc2c(nc1NCC1CCS(=O)(=O)C1)CCC2. The first-order chi connectivity index (χ1) is 9.94. The van der Waals surface area contributed by atoms with Gasteiger partial charge in [0.1, 0.15) is 11.4 Å². The number of pyridine rings is 1. The van der Waals surface area contributed by atoms with Crippen LogP contribution in [0, 0.1) is 5.92 Å². The molecule has 0 amide bonds. The fourth-order valence-electron chi connectivity index (χ4n) is 3.04. The number of nitrogens with one attached hydrogen (secondary N) is 1. The van der Waals surface area contributed by atoms with E-state index in [1.807, 2.05) is 0 Å². The van der Waals surface area contributed by atoms with Crippen LogP contribution in [0.2, 0.25) is 0 Å². The predicted molar refractivity (Wildman–Crippen MR) is 78.5 cm³/mol. The fraction of sp³-hybridized carbons (Fsp3) is 0.571. The van der Waals surface area contributed by atoms with Crippen LogP contribution in [0.25, 0.3) is 0 Å². The van der Waals surface area contributed by atoms with E-state index < -0.39 is 15.8 Å². The van der Waals surface area contributed by atoms with Gasteiger partial charge in [-0.1, -0.05) is 0 Å². The van der Waals surface area contributed by atoms with Crippen LogP contribution < -0.4 is 5.32 Å². The third-order valence-corrected chi connectivity index (χ3v) is 6.00. The molecule has 0 radical (unpaired) electrons. The number of carboxylic acid groups (broad SMARTS) is 1. The lowest BCUT2D eigenvalue weighted by Gasteiger charge is -2.13. The average molecular weight is 310 g/mol. The molecule has 114 valence electrons. The van der Waals surface area contributed by atoms with Crippen molar-refractivity contribution in [1.82, 2.24) is 4.98 Å². The second kappa shape index (κ2) is 5.29. The minimum atomic E-state index is -2.91. The van der Waals surface area contributed by atoms with Crippen LogP contribution in [0.15, 0.2) is 6.07 Å². The van der Waals surface area contributed by atoms with Gasteiger partial charge in [-0.25, -0.2) is 18.2 Å². The van der Waals surface area contributed by atoms with Gasteiger partial charge in [0.2, 0.25) is 0 Å². The highest BCUT2D eigenvalue weighted by atomic mass is 32.2. The molecule has 1 aromatic rings. The number of sulfone groups is 1. The number of aromatic nitrogens is 1. The molecule has 0 bridgehead atoms. The molecule has 2 N–H and O–H groups in total. The summed E-state index contributed by atoms with van der Waals surface area (Å²) in [7, 11) is -2.91. The maximum atomic E-state index is 11.4. The number of aromatic carboxylic acids is 1. The Hall–Kier alpha value is -1.63. The van der Waals surface area contributed by atoms with Gasteiger partial charge in [0.15, 0.2) is 9.84 Å². The highest BCUT2D eigenvalue weighted by Crippen LogP contribution is 2.26. The van der Waals surface area contributed by atoms with E-state index in [9.17, 15) is 18.3 Å². The fourth-order valence-corrected chi connectivity index (χ4v) is 4.91. The highest BCUT2D eigenvalue weighted by molar-refractivity contribution is 7.91. The van der Waals surface area contributed by atoms with Crippen molar-refractivity contribution < 1.29 is 18.3 Å². The summed E-state index contributed by atoms with van der Waals surface area (Å²) in [5, 5.41) is 12.3. The number of fused-ring (bicyclic) bond motifs is 1. The maximum absolute atomic E-state index is 11.4. The first kappa shape index (κ1) is 14.3. The molecule has 0 aromatic carbocycles. The zero-order valence-electron chi connectivity index (χ0n) is 11.6. The Morgan fingerprint density at radius 1 is 1.43 bits per heavy atom. The van der Waals surface area contributed by atoms with Gasteiger partial charge in [-0.3, -0.25) is 0 Å². The normalized spacial score (nSPS) is 23.0. The third-order valence-electron chi connectivity index (χ3n) is 4.17. The number of carbonyl (C=O) groups is 1. The Balaban J connectivity index is 1.77. The zero-order valence-corrected chi connectivity index (χ0v) is 12.4. The van der Waals surface area contributed by atoms with Gasteiger partial charge in [-0.05, 0) is 43.2 Å². The first-order valence-corrected chi connectivity index (χ1v) is 8.97. The van der Waals surface area contributed by atoms with Crippen molar-refractivity contribution in [3.8, 4) is 0 Å². The van der Waals surface area contributed by atoms with E-state index >= 15 is 0 Å². The summed E-state index contributed by atoms with van der Waals surface area (Å²) in [5.74, 6) is -0.200. The maximum Gasteiger partial charge on any atom is 0.339 e. The van der Waals surface area contributed by atoms with E-state index in [1.165, 1.54) is 0 Å². The van der Waals surface area contributed by atoms with Gasteiger partial charge >= 0.3 is 5.97 Å². The molecule has 21 heavy (non-hydrogen) atoms. The highest BCUT2D eigenvalue weighted by Gasteiger charge is 2.28. The Kier molecular flexibility index (Phi) is 3.61. The molecule has 1 unspecified atom stereocenters. The molecule has 1 fully saturated rings. The van der Waals surface area contributed by atoms with Crippen molar-refractivity contribution >= 4 is 21.6 Å². The van der Waals surface area contributed by atoms with Crippen molar-refractivity contribution in [2.24, 2.45) is 5.92 Å². The number of rotatable bonds is 4. The van der Waals surface area contributed by atoms with E-state index in [2.05, 4.69) is 10.3 Å². The minimum Gasteiger partial charge on any atom is -0.478 e. The quantitative estimate of drug-likeness (QED) is 0.865. The lowest BCUT2D eigenvalue weighted by atomic mass is 10.1. The van der Waals surface area contributed by atoms with Crippen LogP contribution >= 0.6 is 0 Å². The van der Waals surface area contributed by atoms with Crippen LogP contribution in [0.3, 0.4) is 0 Å². The Morgan fingerprint density at radius 3 is 2.90 bits per heavy atom. The van der Waals surface area contributed by atoms with E-state index in [0.717, 1.165) is 30.5 Å². The largest absolute Gasteiger partial charge is 0.478 e. The number of hydrogen-bond acceptors (Lipinski definition) is 5. The van der Waals surface area contributed by atoms with Crippen LogP contribution in [0.4, 0.5) is 5.82 Å². The monoisotopic (exact) mass is 310 g/mol. The molecule has 1 atom stereocenters. The summed E-state index contributed by atoms with van der Waals surface area (Å²) in [5.41, 5.74) is 2.15. The first-order valence-electron chi connectivity index (χ1n) is 7.15. The molecule has 1 saturated heterocycles. The molecule has 3 rings (SSSR count). The molecule has 2 aliphatic rings. The Labute approximate surface area is 123 Å². The van der Waals surface area contributed by atoms with Gasteiger partial charge < -0.3 is 10.4 Å². The number of carboxylic acids is 1. The standard InChI is InChI=1S/C14H18N2O4S/c17-14(18)11-6-10-2-1-3-12(10)16-13(11)15-7-9-4-5-21(19,20)8-9/h6,9H,1-5,7-8H2,(H,15,16)(H,17,18). The van der Waals surface area contributed by atoms with Crippen molar-refractivity contribution in [2.75, 3.05) is 23.4 Å². The zero-order chi connectivity index (χ0) is 15.0. The second-order valence-electron chi connectivity index (χ2n) is 5.80. The van der Waals surface area contributed by atoms with E-state index in [1.54, 1.807) is 6.07 Å². The molecule has 1 aliphatic carbocycles. The summed E-state index contributed by atoms with van der Waals surface area (Å²) < 4.78 is 22.9. The van der Waals surface area contributed by atoms with Crippen LogP contribution in [0.1, 0.15) is 34.5 Å². The van der Waals surface area contributed by atoms with Crippen LogP contribution in [-0.4, -0.2) is 42.5 Å². The summed E-state index contributed by atoms with van der Waals surface area (Å²) in [4.78, 5) is 15.8. The summed E-state index contributed by atoms with van der Waals surface area (Å²) in [6, 6.07) is 1.70. The second-order valence-corrected chi connectivity index (χ2v) is 8.03. The Bertz CT molecular complexity index is 684.